The molecular formula is C18H21N3O2. The SMILES string of the molecule is Cc1ccc(C)c(OC2CCN(C(=O)c3cncnc3)CC2)c1. The quantitative estimate of drug-likeness (QED) is 0.874. The van der Waals surface area contributed by atoms with E-state index in [0.717, 1.165) is 24.2 Å². The summed E-state index contributed by atoms with van der Waals surface area (Å²) < 4.78 is 6.14. The molecule has 0 radical (unpaired) electrons. The monoisotopic (exact) mass is 311 g/mol. The molecule has 0 unspecified atom stereocenters. The van der Waals surface area contributed by atoms with Crippen LogP contribution in [0.15, 0.2) is 36.9 Å². The molecule has 1 aromatic heterocycles. The van der Waals surface area contributed by atoms with Crippen LogP contribution in [0.3, 0.4) is 0 Å². The maximum atomic E-state index is 12.4. The predicted octanol–water partition coefficient (Wildman–Crippen LogP) is 2.78. The second-order valence-corrected chi connectivity index (χ2v) is 6.01. The zero-order chi connectivity index (χ0) is 16.2. The Labute approximate surface area is 136 Å². The number of ether oxygens (including phenoxy) is 1. The highest BCUT2D eigenvalue weighted by atomic mass is 16.5. The van der Waals surface area contributed by atoms with Gasteiger partial charge in [0.15, 0.2) is 0 Å². The maximum absolute atomic E-state index is 12.4. The zero-order valence-corrected chi connectivity index (χ0v) is 13.5. The molecule has 0 spiro atoms. The van der Waals surface area contributed by atoms with Gasteiger partial charge in [-0.05, 0) is 31.0 Å². The van der Waals surface area contributed by atoms with E-state index < -0.39 is 0 Å². The van der Waals surface area contributed by atoms with Crippen molar-refractivity contribution in [1.82, 2.24) is 14.9 Å². The average Bonchev–Trinajstić information content (AvgIpc) is 2.59. The Kier molecular flexibility index (Phi) is 4.55. The number of carbonyl (C=O) groups excluding carboxylic acids is 1. The lowest BCUT2D eigenvalue weighted by molar-refractivity contribution is 0.0593. The minimum Gasteiger partial charge on any atom is -0.490 e. The number of rotatable bonds is 3. The first-order valence-electron chi connectivity index (χ1n) is 7.91. The number of benzene rings is 1. The summed E-state index contributed by atoms with van der Waals surface area (Å²) in [5.41, 5.74) is 2.89. The van der Waals surface area contributed by atoms with Gasteiger partial charge in [-0.3, -0.25) is 4.79 Å². The van der Waals surface area contributed by atoms with E-state index in [4.69, 9.17) is 4.74 Å². The van der Waals surface area contributed by atoms with Crippen molar-refractivity contribution < 1.29 is 9.53 Å². The number of nitrogens with zero attached hydrogens (tertiary/aromatic N) is 3. The van der Waals surface area contributed by atoms with Crippen LogP contribution in [0.4, 0.5) is 0 Å². The van der Waals surface area contributed by atoms with Crippen molar-refractivity contribution in [1.29, 1.82) is 0 Å². The molecule has 1 amide bonds. The fourth-order valence-corrected chi connectivity index (χ4v) is 2.78. The van der Waals surface area contributed by atoms with Gasteiger partial charge in [-0.25, -0.2) is 9.97 Å². The second-order valence-electron chi connectivity index (χ2n) is 6.01. The molecule has 0 atom stereocenters. The van der Waals surface area contributed by atoms with Crippen molar-refractivity contribution in [3.8, 4) is 5.75 Å². The van der Waals surface area contributed by atoms with Gasteiger partial charge in [-0.15, -0.1) is 0 Å². The van der Waals surface area contributed by atoms with Crippen LogP contribution in [0.1, 0.15) is 34.3 Å². The van der Waals surface area contributed by atoms with E-state index in [0.29, 0.717) is 18.7 Å². The molecule has 0 bridgehead atoms. The van der Waals surface area contributed by atoms with E-state index in [-0.39, 0.29) is 12.0 Å². The van der Waals surface area contributed by atoms with E-state index in [1.165, 1.54) is 11.9 Å². The number of carbonyl (C=O) groups is 1. The molecule has 0 aliphatic carbocycles. The number of hydrogen-bond acceptors (Lipinski definition) is 4. The Hall–Kier alpha value is -2.43. The summed E-state index contributed by atoms with van der Waals surface area (Å²) in [7, 11) is 0. The Bertz CT molecular complexity index is 680. The van der Waals surface area contributed by atoms with Gasteiger partial charge in [-0.1, -0.05) is 12.1 Å². The number of piperidine rings is 1. The van der Waals surface area contributed by atoms with Crippen molar-refractivity contribution >= 4 is 5.91 Å². The first-order valence-corrected chi connectivity index (χ1v) is 7.91. The van der Waals surface area contributed by atoms with Crippen molar-refractivity contribution in [3.05, 3.63) is 53.6 Å². The molecule has 5 heteroatoms. The van der Waals surface area contributed by atoms with Gasteiger partial charge in [0.1, 0.15) is 18.2 Å². The Morgan fingerprint density at radius 2 is 1.87 bits per heavy atom. The van der Waals surface area contributed by atoms with E-state index >= 15 is 0 Å². The highest BCUT2D eigenvalue weighted by molar-refractivity contribution is 5.93. The molecule has 2 aromatic rings. The van der Waals surface area contributed by atoms with E-state index in [1.807, 2.05) is 4.90 Å². The van der Waals surface area contributed by atoms with Gasteiger partial charge in [0.05, 0.1) is 5.56 Å². The predicted molar refractivity (Wildman–Crippen MR) is 87.5 cm³/mol. The first kappa shape index (κ1) is 15.5. The summed E-state index contributed by atoms with van der Waals surface area (Å²) >= 11 is 0. The Balaban J connectivity index is 1.58. The Morgan fingerprint density at radius 3 is 2.57 bits per heavy atom. The van der Waals surface area contributed by atoms with E-state index in [2.05, 4.69) is 42.0 Å². The van der Waals surface area contributed by atoms with Crippen LogP contribution in [-0.2, 0) is 0 Å². The van der Waals surface area contributed by atoms with Gasteiger partial charge >= 0.3 is 0 Å². The van der Waals surface area contributed by atoms with Crippen LogP contribution in [0, 0.1) is 13.8 Å². The van der Waals surface area contributed by atoms with E-state index in [1.54, 1.807) is 12.4 Å². The number of hydrogen-bond donors (Lipinski definition) is 0. The summed E-state index contributed by atoms with van der Waals surface area (Å²) in [5.74, 6) is 0.946. The average molecular weight is 311 g/mol. The smallest absolute Gasteiger partial charge is 0.256 e. The van der Waals surface area contributed by atoms with Gasteiger partial charge in [0.25, 0.3) is 5.91 Å². The normalized spacial score (nSPS) is 15.5. The van der Waals surface area contributed by atoms with Crippen LogP contribution >= 0.6 is 0 Å². The van der Waals surface area contributed by atoms with Crippen molar-refractivity contribution in [3.63, 3.8) is 0 Å². The molecule has 1 saturated heterocycles. The van der Waals surface area contributed by atoms with Gasteiger partial charge in [0.2, 0.25) is 0 Å². The van der Waals surface area contributed by atoms with Crippen LogP contribution in [-0.4, -0.2) is 40.0 Å². The highest BCUT2D eigenvalue weighted by Crippen LogP contribution is 2.24. The maximum Gasteiger partial charge on any atom is 0.256 e. The zero-order valence-electron chi connectivity index (χ0n) is 13.5. The van der Waals surface area contributed by atoms with Crippen LogP contribution < -0.4 is 4.74 Å². The standard InChI is InChI=1S/C18H21N3O2/c1-13-3-4-14(2)17(9-13)23-16-5-7-21(8-6-16)18(22)15-10-19-12-20-11-15/h3-4,9-12,16H,5-8H2,1-2H3. The van der Waals surface area contributed by atoms with Crippen molar-refractivity contribution in [2.75, 3.05) is 13.1 Å². The lowest BCUT2D eigenvalue weighted by Crippen LogP contribution is -2.41. The Morgan fingerprint density at radius 1 is 1.17 bits per heavy atom. The molecule has 1 aromatic carbocycles. The molecule has 1 fully saturated rings. The molecule has 2 heterocycles. The molecule has 120 valence electrons. The lowest BCUT2D eigenvalue weighted by Gasteiger charge is -2.32. The third kappa shape index (κ3) is 3.67. The lowest BCUT2D eigenvalue weighted by atomic mass is 10.1. The third-order valence-corrected chi connectivity index (χ3v) is 4.17. The summed E-state index contributed by atoms with van der Waals surface area (Å²) in [5, 5.41) is 0. The highest BCUT2D eigenvalue weighted by Gasteiger charge is 2.25. The molecule has 0 N–H and O–H groups in total. The summed E-state index contributed by atoms with van der Waals surface area (Å²) in [6.45, 7) is 5.52. The molecule has 1 aliphatic rings. The summed E-state index contributed by atoms with van der Waals surface area (Å²) in [6, 6.07) is 6.25. The third-order valence-electron chi connectivity index (χ3n) is 4.17. The molecule has 5 nitrogen and oxygen atoms in total. The number of aromatic nitrogens is 2. The van der Waals surface area contributed by atoms with Crippen LogP contribution in [0.5, 0.6) is 5.75 Å². The second kappa shape index (κ2) is 6.77. The number of aryl methyl sites for hydroxylation is 2. The number of amides is 1. The topological polar surface area (TPSA) is 55.3 Å². The first-order chi connectivity index (χ1) is 11.1. The largest absolute Gasteiger partial charge is 0.490 e. The van der Waals surface area contributed by atoms with Gasteiger partial charge in [0, 0.05) is 38.3 Å². The van der Waals surface area contributed by atoms with Crippen LogP contribution in [0.25, 0.3) is 0 Å². The minimum atomic E-state index is -0.00390. The summed E-state index contributed by atoms with van der Waals surface area (Å²) in [6.07, 6.45) is 6.40. The van der Waals surface area contributed by atoms with Gasteiger partial charge in [-0.2, -0.15) is 0 Å². The van der Waals surface area contributed by atoms with Crippen molar-refractivity contribution in [2.45, 2.75) is 32.8 Å². The molecule has 0 saturated carbocycles. The summed E-state index contributed by atoms with van der Waals surface area (Å²) in [4.78, 5) is 22.0. The molecule has 1 aliphatic heterocycles. The molecule has 23 heavy (non-hydrogen) atoms. The minimum absolute atomic E-state index is 0.00390. The van der Waals surface area contributed by atoms with E-state index in [9.17, 15) is 4.79 Å². The van der Waals surface area contributed by atoms with Gasteiger partial charge < -0.3 is 9.64 Å². The fourth-order valence-electron chi connectivity index (χ4n) is 2.78. The number of likely N-dealkylation sites (tertiary alicyclic amines) is 1. The molecular weight excluding hydrogens is 290 g/mol. The van der Waals surface area contributed by atoms with Crippen LogP contribution in [0.2, 0.25) is 0 Å². The fraction of sp³-hybridized carbons (Fsp3) is 0.389. The molecule has 3 rings (SSSR count). The van der Waals surface area contributed by atoms with Crippen molar-refractivity contribution in [2.24, 2.45) is 0 Å².